The molecule has 0 aliphatic heterocycles. The molecule has 0 aliphatic rings. The maximum absolute atomic E-state index is 11.2. The largest absolute Gasteiger partial charge is 0.496 e. The third kappa shape index (κ3) is 3.98. The number of hydrogen-bond acceptors (Lipinski definition) is 4. The zero-order valence-corrected chi connectivity index (χ0v) is 10.5. The fourth-order valence-corrected chi connectivity index (χ4v) is 1.47. The molecule has 18 heavy (non-hydrogen) atoms. The first kappa shape index (κ1) is 13.8. The van der Waals surface area contributed by atoms with Crippen molar-refractivity contribution in [3.63, 3.8) is 0 Å². The van der Waals surface area contributed by atoms with Crippen LogP contribution in [-0.2, 0) is 17.8 Å². The predicted molar refractivity (Wildman–Crippen MR) is 66.2 cm³/mol. The molecule has 1 aromatic carbocycles. The van der Waals surface area contributed by atoms with Gasteiger partial charge in [-0.1, -0.05) is 13.0 Å². The van der Waals surface area contributed by atoms with Crippen LogP contribution in [0, 0.1) is 11.3 Å². The van der Waals surface area contributed by atoms with Crippen molar-refractivity contribution in [2.24, 2.45) is 0 Å². The summed E-state index contributed by atoms with van der Waals surface area (Å²) >= 11 is 0. The average molecular weight is 248 g/mol. The van der Waals surface area contributed by atoms with Crippen LogP contribution in [-0.4, -0.2) is 19.7 Å². The number of amides is 1. The Labute approximate surface area is 106 Å². The van der Waals surface area contributed by atoms with E-state index in [1.54, 1.807) is 13.2 Å². The van der Waals surface area contributed by atoms with E-state index in [-0.39, 0.29) is 13.2 Å². The molecule has 0 spiro atoms. The number of rotatable bonds is 5. The highest BCUT2D eigenvalue weighted by atomic mass is 16.5. The summed E-state index contributed by atoms with van der Waals surface area (Å²) in [6.07, 6.45) is 0.290. The minimum atomic E-state index is -0.611. The van der Waals surface area contributed by atoms with Crippen molar-refractivity contribution in [1.29, 1.82) is 5.26 Å². The van der Waals surface area contributed by atoms with Gasteiger partial charge in [-0.2, -0.15) is 5.26 Å². The van der Waals surface area contributed by atoms with Crippen molar-refractivity contribution in [1.82, 2.24) is 5.32 Å². The quantitative estimate of drug-likeness (QED) is 0.809. The van der Waals surface area contributed by atoms with Crippen LogP contribution >= 0.6 is 0 Å². The van der Waals surface area contributed by atoms with E-state index in [4.69, 9.17) is 14.7 Å². The number of methoxy groups -OCH3 is 1. The van der Waals surface area contributed by atoms with Crippen LogP contribution in [0.25, 0.3) is 0 Å². The minimum absolute atomic E-state index is 0.0645. The van der Waals surface area contributed by atoms with Crippen molar-refractivity contribution in [3.8, 4) is 11.8 Å². The highest BCUT2D eigenvalue weighted by molar-refractivity contribution is 5.67. The van der Waals surface area contributed by atoms with Crippen LogP contribution in [0.15, 0.2) is 18.2 Å². The van der Waals surface area contributed by atoms with E-state index < -0.39 is 6.09 Å². The lowest BCUT2D eigenvalue weighted by molar-refractivity contribution is 0.140. The number of ether oxygens (including phenoxy) is 2. The molecule has 0 saturated carbocycles. The number of carbonyl (C=O) groups is 1. The minimum Gasteiger partial charge on any atom is -0.496 e. The topological polar surface area (TPSA) is 71.3 Å². The maximum atomic E-state index is 11.2. The molecule has 0 aliphatic carbocycles. The van der Waals surface area contributed by atoms with Crippen molar-refractivity contribution in [3.05, 3.63) is 29.3 Å². The van der Waals surface area contributed by atoms with Gasteiger partial charge in [0, 0.05) is 5.56 Å². The Balaban J connectivity index is 2.65. The number of benzene rings is 1. The molecule has 0 heterocycles. The Hall–Kier alpha value is -2.22. The van der Waals surface area contributed by atoms with Gasteiger partial charge in [-0.25, -0.2) is 4.79 Å². The molecular formula is C13H16N2O3. The lowest BCUT2D eigenvalue weighted by atomic mass is 10.1. The lowest BCUT2D eigenvalue weighted by Crippen LogP contribution is -2.24. The smallest absolute Gasteiger partial charge is 0.408 e. The maximum Gasteiger partial charge on any atom is 0.408 e. The van der Waals surface area contributed by atoms with Crippen LogP contribution in [0.5, 0.6) is 5.75 Å². The normalized spacial score (nSPS) is 9.39. The van der Waals surface area contributed by atoms with Crippen LogP contribution in [0.3, 0.4) is 0 Å². The monoisotopic (exact) mass is 248 g/mol. The molecular weight excluding hydrogens is 232 g/mol. The molecule has 5 heteroatoms. The Morgan fingerprint density at radius 2 is 2.28 bits per heavy atom. The third-order valence-corrected chi connectivity index (χ3v) is 2.42. The van der Waals surface area contributed by atoms with Gasteiger partial charge in [-0.15, -0.1) is 0 Å². The highest BCUT2D eigenvalue weighted by Gasteiger charge is 2.07. The van der Waals surface area contributed by atoms with Gasteiger partial charge in [-0.05, 0) is 24.1 Å². The zero-order chi connectivity index (χ0) is 13.4. The van der Waals surface area contributed by atoms with E-state index in [0.717, 1.165) is 17.5 Å². The van der Waals surface area contributed by atoms with Gasteiger partial charge in [-0.3, -0.25) is 0 Å². The number of hydrogen-bond donors (Lipinski definition) is 1. The molecule has 1 aromatic rings. The summed E-state index contributed by atoms with van der Waals surface area (Å²) in [6, 6.07) is 7.56. The molecule has 0 radical (unpaired) electrons. The SMILES string of the molecule is CCc1ccc(OC)c(COC(=O)NCC#N)c1. The second kappa shape index (κ2) is 7.17. The number of alkyl carbamates (subject to hydrolysis) is 1. The van der Waals surface area contributed by atoms with Crippen LogP contribution < -0.4 is 10.1 Å². The van der Waals surface area contributed by atoms with Gasteiger partial charge in [0.2, 0.25) is 0 Å². The van der Waals surface area contributed by atoms with Gasteiger partial charge in [0.25, 0.3) is 0 Å². The first-order valence-electron chi connectivity index (χ1n) is 5.64. The predicted octanol–water partition coefficient (Wildman–Crippen LogP) is 2.01. The van der Waals surface area contributed by atoms with E-state index in [1.165, 1.54) is 0 Å². The summed E-state index contributed by atoms with van der Waals surface area (Å²) in [5, 5.41) is 10.6. The van der Waals surface area contributed by atoms with Gasteiger partial charge in [0.05, 0.1) is 13.2 Å². The first-order valence-corrected chi connectivity index (χ1v) is 5.64. The Kier molecular flexibility index (Phi) is 5.52. The summed E-state index contributed by atoms with van der Waals surface area (Å²) in [7, 11) is 1.57. The molecule has 0 atom stereocenters. The number of nitrogens with one attached hydrogen (secondary N) is 1. The Morgan fingerprint density at radius 3 is 2.89 bits per heavy atom. The Morgan fingerprint density at radius 1 is 1.50 bits per heavy atom. The summed E-state index contributed by atoms with van der Waals surface area (Å²) in [4.78, 5) is 11.2. The van der Waals surface area contributed by atoms with Gasteiger partial charge in [0.15, 0.2) is 0 Å². The molecule has 5 nitrogen and oxygen atoms in total. The fraction of sp³-hybridized carbons (Fsp3) is 0.385. The molecule has 0 bridgehead atoms. The van der Waals surface area contributed by atoms with Crippen molar-refractivity contribution in [2.45, 2.75) is 20.0 Å². The van der Waals surface area contributed by atoms with Crippen LogP contribution in [0.4, 0.5) is 4.79 Å². The summed E-state index contributed by atoms with van der Waals surface area (Å²) < 4.78 is 10.2. The van der Waals surface area contributed by atoms with E-state index in [9.17, 15) is 4.79 Å². The summed E-state index contributed by atoms with van der Waals surface area (Å²) in [6.45, 7) is 2.10. The first-order chi connectivity index (χ1) is 8.71. The van der Waals surface area contributed by atoms with Gasteiger partial charge < -0.3 is 14.8 Å². The number of nitriles is 1. The zero-order valence-electron chi connectivity index (χ0n) is 10.5. The van der Waals surface area contributed by atoms with E-state index in [1.807, 2.05) is 25.1 Å². The van der Waals surface area contributed by atoms with Gasteiger partial charge >= 0.3 is 6.09 Å². The van der Waals surface area contributed by atoms with E-state index >= 15 is 0 Å². The highest BCUT2D eigenvalue weighted by Crippen LogP contribution is 2.21. The molecule has 0 fully saturated rings. The Bertz CT molecular complexity index is 452. The molecule has 1 amide bonds. The molecule has 1 N–H and O–H groups in total. The lowest BCUT2D eigenvalue weighted by Gasteiger charge is -2.10. The van der Waals surface area contributed by atoms with Gasteiger partial charge in [0.1, 0.15) is 18.9 Å². The summed E-state index contributed by atoms with van der Waals surface area (Å²) in [5.41, 5.74) is 1.95. The van der Waals surface area contributed by atoms with Crippen molar-refractivity contribution in [2.75, 3.05) is 13.7 Å². The second-order valence-electron chi connectivity index (χ2n) is 3.59. The number of carbonyl (C=O) groups excluding carboxylic acids is 1. The molecule has 0 aromatic heterocycles. The fourth-order valence-electron chi connectivity index (χ4n) is 1.47. The van der Waals surface area contributed by atoms with Crippen LogP contribution in [0.1, 0.15) is 18.1 Å². The van der Waals surface area contributed by atoms with E-state index in [2.05, 4.69) is 5.32 Å². The van der Waals surface area contributed by atoms with Crippen molar-refractivity contribution >= 4 is 6.09 Å². The summed E-state index contributed by atoms with van der Waals surface area (Å²) in [5.74, 6) is 0.681. The van der Waals surface area contributed by atoms with Crippen LogP contribution in [0.2, 0.25) is 0 Å². The standard InChI is InChI=1S/C13H16N2O3/c1-3-10-4-5-12(17-2)11(8-10)9-18-13(16)15-7-6-14/h4-5,8H,3,7,9H2,1-2H3,(H,15,16). The van der Waals surface area contributed by atoms with Crippen molar-refractivity contribution < 1.29 is 14.3 Å². The average Bonchev–Trinajstić information content (AvgIpc) is 2.42. The molecule has 0 saturated heterocycles. The molecule has 96 valence electrons. The molecule has 0 unspecified atom stereocenters. The number of aryl methyl sites for hydroxylation is 1. The van der Waals surface area contributed by atoms with E-state index in [0.29, 0.717) is 5.75 Å². The number of nitrogens with zero attached hydrogens (tertiary/aromatic N) is 1. The second-order valence-corrected chi connectivity index (χ2v) is 3.59. The third-order valence-electron chi connectivity index (χ3n) is 2.42. The molecule has 1 rings (SSSR count).